The number of nitrogens with one attached hydrogen (secondary N) is 1. The number of aryl methyl sites for hydroxylation is 1. The van der Waals surface area contributed by atoms with Gasteiger partial charge in [-0.15, -0.1) is 0 Å². The van der Waals surface area contributed by atoms with Gasteiger partial charge in [0.2, 0.25) is 0 Å². The molecular formula is C14H21NO2. The van der Waals surface area contributed by atoms with Crippen molar-refractivity contribution in [1.82, 2.24) is 5.48 Å². The number of hydrogen-bond donors (Lipinski definition) is 1. The van der Waals surface area contributed by atoms with Crippen LogP contribution in [0.4, 0.5) is 0 Å². The minimum Gasteiger partial charge on any atom is -0.382 e. The molecule has 1 aromatic carbocycles. The summed E-state index contributed by atoms with van der Waals surface area (Å²) < 4.78 is 4.91. The maximum atomic E-state index is 5.31. The molecule has 0 heterocycles. The molecule has 0 unspecified atom stereocenters. The Morgan fingerprint density at radius 1 is 1.18 bits per heavy atom. The molecule has 2 rings (SSSR count). The Kier molecular flexibility index (Phi) is 4.54. The molecular weight excluding hydrogens is 214 g/mol. The Labute approximate surface area is 103 Å². The molecule has 1 saturated carbocycles. The van der Waals surface area contributed by atoms with Gasteiger partial charge < -0.3 is 4.74 Å². The fraction of sp³-hybridized carbons (Fsp3) is 0.571. The highest BCUT2D eigenvalue weighted by Gasteiger charge is 2.30. The number of hydrogen-bond acceptors (Lipinski definition) is 3. The van der Waals surface area contributed by atoms with Gasteiger partial charge in [-0.05, 0) is 31.2 Å². The average molecular weight is 235 g/mol. The van der Waals surface area contributed by atoms with Gasteiger partial charge in [-0.2, -0.15) is 5.48 Å². The first-order valence-electron chi connectivity index (χ1n) is 6.22. The molecule has 0 aromatic heterocycles. The SMILES string of the molecule is COCCONC1CC(c2ccc(C)cc2)C1. The zero-order valence-corrected chi connectivity index (χ0v) is 10.6. The van der Waals surface area contributed by atoms with Crippen LogP contribution in [0.25, 0.3) is 0 Å². The summed E-state index contributed by atoms with van der Waals surface area (Å²) in [4.78, 5) is 5.31. The van der Waals surface area contributed by atoms with Crippen LogP contribution in [0, 0.1) is 6.92 Å². The highest BCUT2D eigenvalue weighted by molar-refractivity contribution is 5.26. The molecule has 1 aliphatic rings. The Hall–Kier alpha value is -0.900. The molecule has 0 radical (unpaired) electrons. The van der Waals surface area contributed by atoms with Crippen LogP contribution in [-0.4, -0.2) is 26.4 Å². The second-order valence-corrected chi connectivity index (χ2v) is 4.74. The molecule has 17 heavy (non-hydrogen) atoms. The van der Waals surface area contributed by atoms with Gasteiger partial charge in [-0.3, -0.25) is 4.84 Å². The van der Waals surface area contributed by atoms with E-state index in [2.05, 4.69) is 36.7 Å². The first-order chi connectivity index (χ1) is 8.29. The van der Waals surface area contributed by atoms with Gasteiger partial charge in [-0.1, -0.05) is 29.8 Å². The normalized spacial score (nSPS) is 23.4. The lowest BCUT2D eigenvalue weighted by atomic mass is 9.76. The number of hydroxylamine groups is 1. The van der Waals surface area contributed by atoms with Crippen molar-refractivity contribution in [2.45, 2.75) is 31.7 Å². The largest absolute Gasteiger partial charge is 0.382 e. The molecule has 1 aliphatic carbocycles. The summed E-state index contributed by atoms with van der Waals surface area (Å²) in [5.74, 6) is 0.694. The lowest BCUT2D eigenvalue weighted by Crippen LogP contribution is -2.40. The number of methoxy groups -OCH3 is 1. The maximum absolute atomic E-state index is 5.31. The predicted molar refractivity (Wildman–Crippen MR) is 67.9 cm³/mol. The van der Waals surface area contributed by atoms with Crippen molar-refractivity contribution in [3.05, 3.63) is 35.4 Å². The van der Waals surface area contributed by atoms with Crippen molar-refractivity contribution in [3.8, 4) is 0 Å². The second kappa shape index (κ2) is 6.15. The summed E-state index contributed by atoms with van der Waals surface area (Å²) in [6, 6.07) is 9.35. The topological polar surface area (TPSA) is 30.5 Å². The van der Waals surface area contributed by atoms with Gasteiger partial charge in [0.05, 0.1) is 13.2 Å². The third kappa shape index (κ3) is 3.53. The van der Waals surface area contributed by atoms with Crippen LogP contribution in [0.1, 0.15) is 29.9 Å². The maximum Gasteiger partial charge on any atom is 0.0915 e. The molecule has 3 heteroatoms. The molecule has 1 N–H and O–H groups in total. The van der Waals surface area contributed by atoms with E-state index in [1.165, 1.54) is 11.1 Å². The Bertz CT molecular complexity index is 331. The van der Waals surface area contributed by atoms with E-state index in [1.54, 1.807) is 7.11 Å². The lowest BCUT2D eigenvalue weighted by molar-refractivity contribution is -0.0303. The summed E-state index contributed by atoms with van der Waals surface area (Å²) in [5.41, 5.74) is 5.86. The van der Waals surface area contributed by atoms with E-state index in [0.717, 1.165) is 12.8 Å². The minimum atomic E-state index is 0.498. The summed E-state index contributed by atoms with van der Waals surface area (Å²) in [6.07, 6.45) is 2.33. The van der Waals surface area contributed by atoms with Gasteiger partial charge in [0.15, 0.2) is 0 Å². The van der Waals surface area contributed by atoms with Crippen molar-refractivity contribution in [2.75, 3.05) is 20.3 Å². The van der Waals surface area contributed by atoms with E-state index in [0.29, 0.717) is 25.2 Å². The zero-order valence-electron chi connectivity index (χ0n) is 10.6. The molecule has 94 valence electrons. The van der Waals surface area contributed by atoms with Crippen molar-refractivity contribution >= 4 is 0 Å². The van der Waals surface area contributed by atoms with Crippen LogP contribution >= 0.6 is 0 Å². The monoisotopic (exact) mass is 235 g/mol. The minimum absolute atomic E-state index is 0.498. The number of benzene rings is 1. The summed E-state index contributed by atoms with van der Waals surface area (Å²) >= 11 is 0. The molecule has 3 nitrogen and oxygen atoms in total. The molecule has 0 amide bonds. The van der Waals surface area contributed by atoms with E-state index < -0.39 is 0 Å². The van der Waals surface area contributed by atoms with Crippen LogP contribution in [0.15, 0.2) is 24.3 Å². The van der Waals surface area contributed by atoms with E-state index in [9.17, 15) is 0 Å². The van der Waals surface area contributed by atoms with Crippen LogP contribution < -0.4 is 5.48 Å². The Morgan fingerprint density at radius 2 is 1.88 bits per heavy atom. The van der Waals surface area contributed by atoms with Crippen LogP contribution in [0.2, 0.25) is 0 Å². The fourth-order valence-corrected chi connectivity index (χ4v) is 2.13. The fourth-order valence-electron chi connectivity index (χ4n) is 2.13. The van der Waals surface area contributed by atoms with Crippen molar-refractivity contribution in [3.63, 3.8) is 0 Å². The summed E-state index contributed by atoms with van der Waals surface area (Å²) in [7, 11) is 1.68. The Balaban J connectivity index is 1.66. The molecule has 1 fully saturated rings. The first kappa shape index (κ1) is 12.6. The van der Waals surface area contributed by atoms with Crippen LogP contribution in [0.5, 0.6) is 0 Å². The van der Waals surface area contributed by atoms with Crippen LogP contribution in [-0.2, 0) is 9.57 Å². The average Bonchev–Trinajstić information content (AvgIpc) is 2.28. The van der Waals surface area contributed by atoms with Crippen molar-refractivity contribution < 1.29 is 9.57 Å². The molecule has 0 saturated heterocycles. The third-order valence-electron chi connectivity index (χ3n) is 3.33. The highest BCUT2D eigenvalue weighted by atomic mass is 16.7. The molecule has 0 bridgehead atoms. The first-order valence-corrected chi connectivity index (χ1v) is 6.22. The lowest BCUT2D eigenvalue weighted by Gasteiger charge is -2.35. The zero-order chi connectivity index (χ0) is 12.1. The van der Waals surface area contributed by atoms with E-state index in [4.69, 9.17) is 9.57 Å². The molecule has 1 aromatic rings. The molecule has 0 aliphatic heterocycles. The van der Waals surface area contributed by atoms with E-state index in [-0.39, 0.29) is 0 Å². The summed E-state index contributed by atoms with van der Waals surface area (Å²) in [6.45, 7) is 3.38. The van der Waals surface area contributed by atoms with E-state index in [1.807, 2.05) is 0 Å². The predicted octanol–water partition coefficient (Wildman–Crippen LogP) is 2.41. The van der Waals surface area contributed by atoms with Gasteiger partial charge in [0.25, 0.3) is 0 Å². The second-order valence-electron chi connectivity index (χ2n) is 4.74. The molecule has 0 atom stereocenters. The van der Waals surface area contributed by atoms with Gasteiger partial charge in [0, 0.05) is 13.2 Å². The van der Waals surface area contributed by atoms with Gasteiger partial charge >= 0.3 is 0 Å². The van der Waals surface area contributed by atoms with Gasteiger partial charge in [0.1, 0.15) is 0 Å². The highest BCUT2D eigenvalue weighted by Crippen LogP contribution is 2.36. The van der Waals surface area contributed by atoms with Gasteiger partial charge in [-0.25, -0.2) is 0 Å². The van der Waals surface area contributed by atoms with Crippen molar-refractivity contribution in [2.24, 2.45) is 0 Å². The summed E-state index contributed by atoms with van der Waals surface area (Å²) in [5, 5.41) is 0. The smallest absolute Gasteiger partial charge is 0.0915 e. The number of ether oxygens (including phenoxy) is 1. The quantitative estimate of drug-likeness (QED) is 0.606. The van der Waals surface area contributed by atoms with Crippen molar-refractivity contribution in [1.29, 1.82) is 0 Å². The Morgan fingerprint density at radius 3 is 2.53 bits per heavy atom. The third-order valence-corrected chi connectivity index (χ3v) is 3.33. The van der Waals surface area contributed by atoms with E-state index >= 15 is 0 Å². The molecule has 0 spiro atoms. The standard InChI is InChI=1S/C14H21NO2/c1-11-3-5-12(6-4-11)13-9-14(10-13)15-17-8-7-16-2/h3-6,13-15H,7-10H2,1-2H3. The number of rotatable bonds is 6. The van der Waals surface area contributed by atoms with Crippen LogP contribution in [0.3, 0.4) is 0 Å².